The standard InChI is InChI=1S/C16H21N7O3/c1-8(2)22-12-13(18-15(22)23-10(4)6-9(3)19-23)20(5)16(26)21(14(12)25)7-11(17)24/h6,8,12H,7H2,1-5H3,(H-,17,24)/p+1. The minimum absolute atomic E-state index is 0.0962. The van der Waals surface area contributed by atoms with Crippen LogP contribution in [0.1, 0.15) is 25.2 Å². The number of amidine groups is 1. The van der Waals surface area contributed by atoms with Crippen LogP contribution in [-0.2, 0) is 9.59 Å². The Morgan fingerprint density at radius 1 is 1.35 bits per heavy atom. The van der Waals surface area contributed by atoms with Gasteiger partial charge in [-0.25, -0.2) is 9.37 Å². The number of primary amides is 1. The van der Waals surface area contributed by atoms with Crippen molar-refractivity contribution in [3.8, 4) is 0 Å². The molecule has 1 fully saturated rings. The monoisotopic (exact) mass is 360 g/mol. The van der Waals surface area contributed by atoms with Crippen molar-refractivity contribution in [3.63, 3.8) is 0 Å². The molecule has 1 aromatic rings. The Morgan fingerprint density at radius 2 is 2.00 bits per heavy atom. The molecule has 3 rings (SSSR count). The van der Waals surface area contributed by atoms with Crippen LogP contribution in [0.5, 0.6) is 0 Å². The molecule has 2 aliphatic rings. The predicted octanol–water partition coefficient (Wildman–Crippen LogP) is -0.715. The van der Waals surface area contributed by atoms with Crippen molar-refractivity contribution in [2.24, 2.45) is 10.7 Å². The number of imide groups is 1. The summed E-state index contributed by atoms with van der Waals surface area (Å²) in [5.74, 6) is -0.482. The van der Waals surface area contributed by atoms with Crippen LogP contribution in [0.3, 0.4) is 0 Å². The van der Waals surface area contributed by atoms with Gasteiger partial charge in [0.1, 0.15) is 12.2 Å². The molecule has 2 aliphatic heterocycles. The van der Waals surface area contributed by atoms with E-state index in [9.17, 15) is 14.4 Å². The molecule has 0 saturated carbocycles. The highest BCUT2D eigenvalue weighted by atomic mass is 16.2. The molecule has 26 heavy (non-hydrogen) atoms. The van der Waals surface area contributed by atoms with Crippen LogP contribution in [-0.4, -0.2) is 79.5 Å². The van der Waals surface area contributed by atoms with Gasteiger partial charge in [0, 0.05) is 7.05 Å². The molecule has 3 heterocycles. The van der Waals surface area contributed by atoms with Crippen molar-refractivity contribution in [1.82, 2.24) is 19.6 Å². The summed E-state index contributed by atoms with van der Waals surface area (Å²) in [7, 11) is 1.53. The van der Waals surface area contributed by atoms with Crippen molar-refractivity contribution >= 4 is 29.6 Å². The minimum atomic E-state index is -0.809. The van der Waals surface area contributed by atoms with Gasteiger partial charge in [0.05, 0.1) is 11.7 Å². The molecule has 1 aromatic heterocycles. The summed E-state index contributed by atoms with van der Waals surface area (Å²) in [6, 6.07) is 0.378. The average molecular weight is 360 g/mol. The second-order valence-corrected chi connectivity index (χ2v) is 6.74. The maximum atomic E-state index is 13.0. The normalized spacial score (nSPS) is 20.2. The summed E-state index contributed by atoms with van der Waals surface area (Å²) in [5.41, 5.74) is 6.88. The molecule has 1 unspecified atom stereocenters. The van der Waals surface area contributed by atoms with E-state index in [0.717, 1.165) is 16.3 Å². The smallest absolute Gasteiger partial charge is 0.368 e. The van der Waals surface area contributed by atoms with Crippen LogP contribution < -0.4 is 5.73 Å². The van der Waals surface area contributed by atoms with Crippen LogP contribution in [0.2, 0.25) is 0 Å². The van der Waals surface area contributed by atoms with Crippen molar-refractivity contribution < 1.29 is 19.0 Å². The fraction of sp³-hybridized carbons (Fsp3) is 0.500. The number of carbonyl (C=O) groups excluding carboxylic acids is 3. The highest BCUT2D eigenvalue weighted by Gasteiger charge is 2.54. The summed E-state index contributed by atoms with van der Waals surface area (Å²) in [6.45, 7) is 7.14. The number of likely N-dealkylation sites (N-methyl/N-ethyl adjacent to an activating group) is 1. The van der Waals surface area contributed by atoms with Gasteiger partial charge in [-0.05, 0) is 33.8 Å². The van der Waals surface area contributed by atoms with Crippen molar-refractivity contribution in [1.29, 1.82) is 0 Å². The Labute approximate surface area is 150 Å². The van der Waals surface area contributed by atoms with Crippen LogP contribution in [0.4, 0.5) is 4.79 Å². The lowest BCUT2D eigenvalue weighted by atomic mass is 10.1. The molecule has 1 atom stereocenters. The number of rotatable bonds is 3. The Morgan fingerprint density at radius 3 is 2.50 bits per heavy atom. The number of amides is 4. The van der Waals surface area contributed by atoms with Gasteiger partial charge < -0.3 is 5.73 Å². The number of nitrogens with two attached hydrogens (primary N) is 1. The van der Waals surface area contributed by atoms with Crippen molar-refractivity contribution in [3.05, 3.63) is 17.5 Å². The maximum Gasteiger partial charge on any atom is 0.421 e. The van der Waals surface area contributed by atoms with E-state index in [1.54, 1.807) is 9.26 Å². The molecule has 4 amide bonds. The number of aromatic nitrogens is 2. The molecular weight excluding hydrogens is 338 g/mol. The van der Waals surface area contributed by atoms with Crippen molar-refractivity contribution in [2.45, 2.75) is 39.8 Å². The number of urea groups is 1. The molecular formula is C16H22N7O3+. The molecule has 0 radical (unpaired) electrons. The van der Waals surface area contributed by atoms with Crippen LogP contribution in [0.25, 0.3) is 0 Å². The summed E-state index contributed by atoms with van der Waals surface area (Å²) in [6.07, 6.45) is 0. The molecule has 0 spiro atoms. The molecule has 2 N–H and O–H groups in total. The van der Waals surface area contributed by atoms with Gasteiger partial charge in [-0.1, -0.05) is 4.99 Å². The number of aliphatic imine (C=N–C) groups is 1. The largest absolute Gasteiger partial charge is 0.421 e. The first-order chi connectivity index (χ1) is 12.1. The minimum Gasteiger partial charge on any atom is -0.368 e. The number of carbonyl (C=O) groups is 3. The van der Waals surface area contributed by atoms with E-state index >= 15 is 0 Å². The Hall–Kier alpha value is -3.04. The summed E-state index contributed by atoms with van der Waals surface area (Å²) >= 11 is 0. The first kappa shape index (κ1) is 17.8. The zero-order valence-electron chi connectivity index (χ0n) is 15.4. The Balaban J connectivity index is 2.16. The van der Waals surface area contributed by atoms with E-state index < -0.39 is 30.4 Å². The zero-order chi connectivity index (χ0) is 19.3. The molecule has 138 valence electrons. The summed E-state index contributed by atoms with van der Waals surface area (Å²) in [5, 5.41) is 4.45. The number of hydrogen-bond donors (Lipinski definition) is 1. The van der Waals surface area contributed by atoms with E-state index in [4.69, 9.17) is 5.73 Å². The van der Waals surface area contributed by atoms with Gasteiger partial charge in [0.2, 0.25) is 17.8 Å². The van der Waals surface area contributed by atoms with Crippen LogP contribution >= 0.6 is 0 Å². The fourth-order valence-electron chi connectivity index (χ4n) is 3.29. The highest BCUT2D eigenvalue weighted by Crippen LogP contribution is 2.22. The van der Waals surface area contributed by atoms with Gasteiger partial charge in [0.15, 0.2) is 0 Å². The molecule has 10 nitrogen and oxygen atoms in total. The number of hydrogen-bond acceptors (Lipinski definition) is 5. The van der Waals surface area contributed by atoms with Crippen LogP contribution in [0, 0.1) is 13.8 Å². The van der Waals surface area contributed by atoms with Gasteiger partial charge in [-0.3, -0.25) is 19.4 Å². The summed E-state index contributed by atoms with van der Waals surface area (Å²) < 4.78 is 3.46. The van der Waals surface area contributed by atoms with Gasteiger partial charge >= 0.3 is 12.0 Å². The molecule has 0 bridgehead atoms. The Kier molecular flexibility index (Phi) is 4.13. The fourth-order valence-corrected chi connectivity index (χ4v) is 3.29. The SMILES string of the molecule is Cc1cc(C)n(C2=[N+](C(C)C)C3C(=O)N(CC(N)=O)C(=O)N(C)C3=N2)n1. The zero-order valence-corrected chi connectivity index (χ0v) is 15.4. The molecule has 1 saturated heterocycles. The second kappa shape index (κ2) is 6.04. The number of nitrogens with zero attached hydrogens (tertiary/aromatic N) is 6. The second-order valence-electron chi connectivity index (χ2n) is 6.74. The van der Waals surface area contributed by atoms with Gasteiger partial charge in [-0.15, -0.1) is 9.78 Å². The topological polar surface area (TPSA) is 117 Å². The maximum absolute atomic E-state index is 13.0. The molecule has 0 aromatic carbocycles. The van der Waals surface area contributed by atoms with E-state index in [2.05, 4.69) is 10.1 Å². The third kappa shape index (κ3) is 2.57. The average Bonchev–Trinajstić information content (AvgIpc) is 3.09. The lowest BCUT2D eigenvalue weighted by Crippen LogP contribution is -2.64. The quantitative estimate of drug-likeness (QED) is 0.716. The first-order valence-corrected chi connectivity index (χ1v) is 8.28. The molecule has 0 aliphatic carbocycles. The number of aryl methyl sites for hydroxylation is 2. The lowest BCUT2D eigenvalue weighted by Gasteiger charge is -2.34. The lowest BCUT2D eigenvalue weighted by molar-refractivity contribution is -0.567. The van der Waals surface area contributed by atoms with E-state index in [1.807, 2.05) is 33.8 Å². The first-order valence-electron chi connectivity index (χ1n) is 8.28. The predicted molar refractivity (Wildman–Crippen MR) is 92.8 cm³/mol. The third-order valence-corrected chi connectivity index (χ3v) is 4.40. The van der Waals surface area contributed by atoms with E-state index in [0.29, 0.717) is 11.8 Å². The number of fused-ring (bicyclic) bond motifs is 1. The highest BCUT2D eigenvalue weighted by molar-refractivity contribution is 6.23. The summed E-state index contributed by atoms with van der Waals surface area (Å²) in [4.78, 5) is 43.5. The van der Waals surface area contributed by atoms with Gasteiger partial charge in [0.25, 0.3) is 5.91 Å². The Bertz CT molecular complexity index is 880. The van der Waals surface area contributed by atoms with E-state index in [-0.39, 0.29) is 6.04 Å². The van der Waals surface area contributed by atoms with Gasteiger partial charge in [-0.2, -0.15) is 0 Å². The van der Waals surface area contributed by atoms with Crippen molar-refractivity contribution in [2.75, 3.05) is 13.6 Å². The van der Waals surface area contributed by atoms with Crippen LogP contribution in [0.15, 0.2) is 11.1 Å². The third-order valence-electron chi connectivity index (χ3n) is 4.40. The van der Waals surface area contributed by atoms with E-state index in [1.165, 1.54) is 11.9 Å². The molecule has 10 heteroatoms.